The molecule has 1 unspecified atom stereocenters. The molecule has 0 aliphatic rings. The summed E-state index contributed by atoms with van der Waals surface area (Å²) in [6.45, 7) is 2.12. The van der Waals surface area contributed by atoms with Crippen LogP contribution in [-0.2, 0) is 10.0 Å². The van der Waals surface area contributed by atoms with E-state index >= 15 is 0 Å². The molecule has 0 aromatic heterocycles. The molecule has 1 aromatic carbocycles. The fraction of sp³-hybridized carbons (Fsp3) is 0.400. The third-order valence-electron chi connectivity index (χ3n) is 2.26. The highest BCUT2D eigenvalue weighted by Gasteiger charge is 2.18. The van der Waals surface area contributed by atoms with Gasteiger partial charge in [0.2, 0.25) is 10.0 Å². The van der Waals surface area contributed by atoms with Crippen molar-refractivity contribution in [3.63, 3.8) is 0 Å². The van der Waals surface area contributed by atoms with E-state index in [9.17, 15) is 12.8 Å². The quantitative estimate of drug-likeness (QED) is 0.842. The van der Waals surface area contributed by atoms with E-state index in [1.807, 2.05) is 6.92 Å². The predicted molar refractivity (Wildman–Crippen MR) is 75.1 cm³/mol. The van der Waals surface area contributed by atoms with E-state index in [2.05, 4.69) is 26.0 Å². The monoisotopic (exact) mass is 360 g/mol. The molecule has 0 amide bonds. The summed E-state index contributed by atoms with van der Waals surface area (Å²) in [7, 11) is -1.87. The first-order valence-electron chi connectivity index (χ1n) is 4.99. The average molecular weight is 362 g/mol. The Morgan fingerprint density at radius 2 is 2.06 bits per heavy atom. The van der Waals surface area contributed by atoms with Gasteiger partial charge in [0.1, 0.15) is 5.82 Å². The van der Waals surface area contributed by atoms with Crippen molar-refractivity contribution in [3.05, 3.63) is 28.5 Å². The molecular formula is C10H15BrClFN2O2S. The third kappa shape index (κ3) is 4.81. The fourth-order valence-electron chi connectivity index (χ4n) is 1.11. The maximum absolute atomic E-state index is 12.8. The minimum atomic E-state index is -3.62. The van der Waals surface area contributed by atoms with Crippen LogP contribution in [0.15, 0.2) is 27.6 Å². The first kappa shape index (κ1) is 17.8. The Bertz CT molecular complexity index is 499. The van der Waals surface area contributed by atoms with E-state index in [1.165, 1.54) is 6.07 Å². The van der Waals surface area contributed by atoms with Crippen LogP contribution in [0.25, 0.3) is 0 Å². The van der Waals surface area contributed by atoms with E-state index in [0.717, 1.165) is 12.1 Å². The van der Waals surface area contributed by atoms with Gasteiger partial charge in [-0.15, -0.1) is 12.4 Å². The highest BCUT2D eigenvalue weighted by molar-refractivity contribution is 9.10. The van der Waals surface area contributed by atoms with Gasteiger partial charge >= 0.3 is 0 Å². The molecule has 0 radical (unpaired) electrons. The molecule has 104 valence electrons. The topological polar surface area (TPSA) is 58.2 Å². The molecule has 0 saturated heterocycles. The van der Waals surface area contributed by atoms with Crippen LogP contribution >= 0.6 is 28.3 Å². The molecule has 0 bridgehead atoms. The van der Waals surface area contributed by atoms with Gasteiger partial charge in [0, 0.05) is 17.1 Å². The Balaban J connectivity index is 0.00000289. The van der Waals surface area contributed by atoms with Crippen molar-refractivity contribution in [2.75, 3.05) is 13.6 Å². The number of benzene rings is 1. The maximum atomic E-state index is 12.8. The van der Waals surface area contributed by atoms with Gasteiger partial charge < -0.3 is 5.32 Å². The Hall–Kier alpha value is -0.210. The van der Waals surface area contributed by atoms with Gasteiger partial charge in [-0.1, -0.05) is 0 Å². The van der Waals surface area contributed by atoms with Gasteiger partial charge in [0.15, 0.2) is 0 Å². The molecule has 2 N–H and O–H groups in total. The molecule has 0 heterocycles. The van der Waals surface area contributed by atoms with Crippen molar-refractivity contribution in [2.45, 2.75) is 17.9 Å². The summed E-state index contributed by atoms with van der Waals surface area (Å²) in [4.78, 5) is 0.0298. The molecule has 0 saturated carbocycles. The van der Waals surface area contributed by atoms with Gasteiger partial charge in [0.05, 0.1) is 4.90 Å². The molecule has 0 fully saturated rings. The van der Waals surface area contributed by atoms with Gasteiger partial charge in [0.25, 0.3) is 0 Å². The number of nitrogens with one attached hydrogen (secondary N) is 2. The van der Waals surface area contributed by atoms with E-state index in [4.69, 9.17) is 0 Å². The van der Waals surface area contributed by atoms with Crippen molar-refractivity contribution >= 4 is 38.4 Å². The summed E-state index contributed by atoms with van der Waals surface area (Å²) in [5.41, 5.74) is 0. The standard InChI is InChI=1S/C10H14BrFN2O2S.ClH/c1-7(13-2)6-14-17(15,16)10-4-3-8(12)5-9(10)11;/h3-5,7,13-14H,6H2,1-2H3;1H. The highest BCUT2D eigenvalue weighted by atomic mass is 79.9. The molecule has 0 aliphatic heterocycles. The number of hydrogen-bond acceptors (Lipinski definition) is 3. The maximum Gasteiger partial charge on any atom is 0.241 e. The second kappa shape index (κ2) is 7.40. The highest BCUT2D eigenvalue weighted by Crippen LogP contribution is 2.22. The van der Waals surface area contributed by atoms with Crippen LogP contribution in [0.2, 0.25) is 0 Å². The van der Waals surface area contributed by atoms with Crippen LogP contribution in [0.3, 0.4) is 0 Å². The third-order valence-corrected chi connectivity index (χ3v) is 4.66. The minimum Gasteiger partial charge on any atom is -0.316 e. The van der Waals surface area contributed by atoms with Gasteiger partial charge in [-0.25, -0.2) is 17.5 Å². The van der Waals surface area contributed by atoms with Crippen LogP contribution in [0, 0.1) is 5.82 Å². The van der Waals surface area contributed by atoms with E-state index < -0.39 is 15.8 Å². The fourth-order valence-corrected chi connectivity index (χ4v) is 3.29. The lowest BCUT2D eigenvalue weighted by Gasteiger charge is -2.12. The Labute approximate surface area is 121 Å². The van der Waals surface area contributed by atoms with Crippen molar-refractivity contribution < 1.29 is 12.8 Å². The SMILES string of the molecule is CNC(C)CNS(=O)(=O)c1ccc(F)cc1Br.Cl. The van der Waals surface area contributed by atoms with E-state index in [-0.39, 0.29) is 34.4 Å². The number of sulfonamides is 1. The van der Waals surface area contributed by atoms with Crippen LogP contribution in [0.4, 0.5) is 4.39 Å². The summed E-state index contributed by atoms with van der Waals surface area (Å²) in [5, 5.41) is 2.91. The zero-order valence-corrected chi connectivity index (χ0v) is 13.1. The van der Waals surface area contributed by atoms with E-state index in [0.29, 0.717) is 0 Å². The molecule has 18 heavy (non-hydrogen) atoms. The van der Waals surface area contributed by atoms with Crippen LogP contribution in [0.1, 0.15) is 6.92 Å². The lowest BCUT2D eigenvalue weighted by atomic mass is 10.3. The van der Waals surface area contributed by atoms with Gasteiger partial charge in [-0.05, 0) is 48.1 Å². The zero-order valence-electron chi connectivity index (χ0n) is 9.91. The smallest absolute Gasteiger partial charge is 0.241 e. The number of halogens is 3. The average Bonchev–Trinajstić information content (AvgIpc) is 2.25. The van der Waals surface area contributed by atoms with Crippen molar-refractivity contribution in [1.82, 2.24) is 10.0 Å². The first-order chi connectivity index (χ1) is 7.86. The normalized spacial score (nSPS) is 12.9. The molecule has 1 aromatic rings. The molecule has 4 nitrogen and oxygen atoms in total. The minimum absolute atomic E-state index is 0. The number of rotatable bonds is 5. The van der Waals surface area contributed by atoms with Crippen molar-refractivity contribution in [3.8, 4) is 0 Å². The number of hydrogen-bond donors (Lipinski definition) is 2. The van der Waals surface area contributed by atoms with Crippen molar-refractivity contribution in [1.29, 1.82) is 0 Å². The molecular weight excluding hydrogens is 347 g/mol. The summed E-state index contributed by atoms with van der Waals surface area (Å²) in [6.07, 6.45) is 0. The molecule has 1 rings (SSSR count). The summed E-state index contributed by atoms with van der Waals surface area (Å²) >= 11 is 3.03. The lowest BCUT2D eigenvalue weighted by molar-refractivity contribution is 0.553. The Morgan fingerprint density at radius 3 is 2.56 bits per heavy atom. The second-order valence-electron chi connectivity index (χ2n) is 3.62. The summed E-state index contributed by atoms with van der Waals surface area (Å²) < 4.78 is 39.3. The van der Waals surface area contributed by atoms with Crippen LogP contribution in [0.5, 0.6) is 0 Å². The first-order valence-corrected chi connectivity index (χ1v) is 7.26. The van der Waals surface area contributed by atoms with Crippen molar-refractivity contribution in [2.24, 2.45) is 0 Å². The van der Waals surface area contributed by atoms with E-state index in [1.54, 1.807) is 7.05 Å². The predicted octanol–water partition coefficient (Wildman–Crippen LogP) is 1.90. The molecule has 8 heteroatoms. The summed E-state index contributed by atoms with van der Waals surface area (Å²) in [5.74, 6) is -0.487. The Kier molecular flexibility index (Phi) is 7.31. The van der Waals surface area contributed by atoms with Crippen LogP contribution < -0.4 is 10.0 Å². The Morgan fingerprint density at radius 1 is 1.44 bits per heavy atom. The molecule has 1 atom stereocenters. The number of likely N-dealkylation sites (N-methyl/N-ethyl adjacent to an activating group) is 1. The lowest BCUT2D eigenvalue weighted by Crippen LogP contribution is -2.37. The largest absolute Gasteiger partial charge is 0.316 e. The van der Waals surface area contributed by atoms with Gasteiger partial charge in [-0.2, -0.15) is 0 Å². The van der Waals surface area contributed by atoms with Crippen LogP contribution in [-0.4, -0.2) is 28.1 Å². The molecule has 0 aliphatic carbocycles. The summed E-state index contributed by atoms with van der Waals surface area (Å²) in [6, 6.07) is 3.48. The van der Waals surface area contributed by atoms with Gasteiger partial charge in [-0.3, -0.25) is 0 Å². The molecule has 0 spiro atoms. The zero-order chi connectivity index (χ0) is 13.1. The second-order valence-corrected chi connectivity index (χ2v) is 6.21.